The van der Waals surface area contributed by atoms with Crippen molar-refractivity contribution >= 4 is 18.0 Å². The topological polar surface area (TPSA) is 66.4 Å². The number of nitrogens with one attached hydrogen (secondary N) is 1. The molecule has 21 heavy (non-hydrogen) atoms. The molecule has 0 saturated heterocycles. The lowest BCUT2D eigenvalue weighted by molar-refractivity contribution is -0.131. The fraction of sp³-hybridized carbons (Fsp3) is 0.375. The number of aliphatic carboxylic acids is 1. The predicted molar refractivity (Wildman–Crippen MR) is 77.3 cm³/mol. The van der Waals surface area contributed by atoms with E-state index in [-0.39, 0.29) is 5.56 Å². The van der Waals surface area contributed by atoms with Crippen molar-refractivity contribution in [1.82, 2.24) is 5.32 Å². The molecule has 4 nitrogen and oxygen atoms in total. The Morgan fingerprint density at radius 2 is 2.19 bits per heavy atom. The summed E-state index contributed by atoms with van der Waals surface area (Å²) in [7, 11) is 0. The molecule has 1 aromatic rings. The van der Waals surface area contributed by atoms with E-state index in [1.54, 1.807) is 0 Å². The highest BCUT2D eigenvalue weighted by Crippen LogP contribution is 2.36. The zero-order valence-electron chi connectivity index (χ0n) is 11.8. The van der Waals surface area contributed by atoms with Gasteiger partial charge in [-0.1, -0.05) is 13.0 Å². The van der Waals surface area contributed by atoms with E-state index in [9.17, 15) is 14.0 Å². The van der Waals surface area contributed by atoms with Gasteiger partial charge < -0.3 is 10.4 Å². The Morgan fingerprint density at radius 1 is 1.48 bits per heavy atom. The quantitative estimate of drug-likeness (QED) is 0.792. The fourth-order valence-electron chi connectivity index (χ4n) is 2.17. The number of carboxylic acids is 1. The Balaban J connectivity index is 1.98. The van der Waals surface area contributed by atoms with Crippen LogP contribution in [-0.4, -0.2) is 23.5 Å². The van der Waals surface area contributed by atoms with Crippen LogP contribution in [0.5, 0.6) is 0 Å². The average Bonchev–Trinajstić information content (AvgIpc) is 3.26. The standard InChI is InChI=1S/C16H18FNO3/c1-10(12-4-5-12)9-18-16(21)13-6-2-11(8-14(13)17)3-7-15(19)20/h2-3,6-8,10,12H,4-5,9H2,1H3,(H,18,21)(H,19,20)/b7-3+. The lowest BCUT2D eigenvalue weighted by Crippen LogP contribution is -2.29. The smallest absolute Gasteiger partial charge is 0.328 e. The summed E-state index contributed by atoms with van der Waals surface area (Å²) < 4.78 is 13.9. The highest BCUT2D eigenvalue weighted by molar-refractivity contribution is 5.94. The number of benzene rings is 1. The summed E-state index contributed by atoms with van der Waals surface area (Å²) in [5.41, 5.74) is 0.378. The number of halogens is 1. The number of hydrogen-bond acceptors (Lipinski definition) is 2. The second-order valence-corrected chi connectivity index (χ2v) is 5.44. The van der Waals surface area contributed by atoms with Gasteiger partial charge in [-0.3, -0.25) is 4.79 Å². The van der Waals surface area contributed by atoms with Crippen molar-refractivity contribution in [2.24, 2.45) is 11.8 Å². The van der Waals surface area contributed by atoms with Gasteiger partial charge in [0.25, 0.3) is 5.91 Å². The molecule has 1 aromatic carbocycles. The van der Waals surface area contributed by atoms with Crippen LogP contribution in [0.3, 0.4) is 0 Å². The number of carboxylic acid groups (broad SMARTS) is 1. The van der Waals surface area contributed by atoms with Gasteiger partial charge in [0.15, 0.2) is 0 Å². The molecule has 1 aliphatic rings. The van der Waals surface area contributed by atoms with Crippen LogP contribution in [0.25, 0.3) is 6.08 Å². The summed E-state index contributed by atoms with van der Waals surface area (Å²) in [6, 6.07) is 4.04. The van der Waals surface area contributed by atoms with E-state index in [0.717, 1.165) is 12.1 Å². The first-order valence-electron chi connectivity index (χ1n) is 6.96. The van der Waals surface area contributed by atoms with Crippen molar-refractivity contribution in [3.8, 4) is 0 Å². The molecule has 0 heterocycles. The number of amides is 1. The van der Waals surface area contributed by atoms with Gasteiger partial charge in [-0.15, -0.1) is 0 Å². The molecule has 0 bridgehead atoms. The second kappa shape index (κ2) is 6.52. The van der Waals surface area contributed by atoms with Crippen molar-refractivity contribution in [3.63, 3.8) is 0 Å². The van der Waals surface area contributed by atoms with Crippen LogP contribution >= 0.6 is 0 Å². The third-order valence-corrected chi connectivity index (χ3v) is 3.67. The molecule has 1 aliphatic carbocycles. The third-order valence-electron chi connectivity index (χ3n) is 3.67. The molecule has 2 N–H and O–H groups in total. The molecular formula is C16H18FNO3. The summed E-state index contributed by atoms with van der Waals surface area (Å²) in [4.78, 5) is 22.3. The van der Waals surface area contributed by atoms with Crippen molar-refractivity contribution in [2.45, 2.75) is 19.8 Å². The number of rotatable bonds is 6. The van der Waals surface area contributed by atoms with Gasteiger partial charge in [-0.25, -0.2) is 9.18 Å². The lowest BCUT2D eigenvalue weighted by atomic mass is 10.1. The van der Waals surface area contributed by atoms with Crippen molar-refractivity contribution in [1.29, 1.82) is 0 Å². The Hall–Kier alpha value is -2.17. The molecule has 0 spiro atoms. The third kappa shape index (κ3) is 4.41. The van der Waals surface area contributed by atoms with Crippen LogP contribution in [0, 0.1) is 17.7 Å². The van der Waals surface area contributed by atoms with Gasteiger partial charge in [0, 0.05) is 12.6 Å². The normalized spacial score (nSPS) is 15.9. The summed E-state index contributed by atoms with van der Waals surface area (Å²) in [6.45, 7) is 2.62. The molecule has 1 fully saturated rings. The molecule has 0 radical (unpaired) electrons. The van der Waals surface area contributed by atoms with E-state index in [4.69, 9.17) is 5.11 Å². The largest absolute Gasteiger partial charge is 0.478 e. The van der Waals surface area contributed by atoms with Gasteiger partial charge >= 0.3 is 5.97 Å². The number of carbonyl (C=O) groups is 2. The minimum atomic E-state index is -1.11. The van der Waals surface area contributed by atoms with Crippen LogP contribution in [-0.2, 0) is 4.79 Å². The Morgan fingerprint density at radius 3 is 2.76 bits per heavy atom. The molecular weight excluding hydrogens is 273 g/mol. The van der Waals surface area contributed by atoms with Gasteiger partial charge in [0.1, 0.15) is 5.82 Å². The maximum atomic E-state index is 13.9. The van der Waals surface area contributed by atoms with Gasteiger partial charge in [0.2, 0.25) is 0 Å². The maximum absolute atomic E-state index is 13.9. The molecule has 0 aliphatic heterocycles. The van der Waals surface area contributed by atoms with Crippen molar-refractivity contribution in [3.05, 3.63) is 41.2 Å². The van der Waals surface area contributed by atoms with Crippen LogP contribution in [0.2, 0.25) is 0 Å². The molecule has 112 valence electrons. The van der Waals surface area contributed by atoms with Crippen LogP contribution in [0.4, 0.5) is 4.39 Å². The summed E-state index contributed by atoms with van der Waals surface area (Å²) >= 11 is 0. The maximum Gasteiger partial charge on any atom is 0.328 e. The molecule has 1 unspecified atom stereocenters. The summed E-state index contributed by atoms with van der Waals surface area (Å²) in [6.07, 6.45) is 4.61. The summed E-state index contributed by atoms with van der Waals surface area (Å²) in [5.74, 6) is -1.10. The fourth-order valence-corrected chi connectivity index (χ4v) is 2.17. The molecule has 1 atom stereocenters. The molecule has 0 aromatic heterocycles. The molecule has 1 amide bonds. The van der Waals surface area contributed by atoms with E-state index in [1.165, 1.54) is 31.1 Å². The monoisotopic (exact) mass is 291 g/mol. The van der Waals surface area contributed by atoms with E-state index in [2.05, 4.69) is 12.2 Å². The SMILES string of the molecule is CC(CNC(=O)c1ccc(/C=C/C(=O)O)cc1F)C1CC1. The lowest BCUT2D eigenvalue weighted by Gasteiger charge is -2.12. The number of hydrogen-bond donors (Lipinski definition) is 2. The minimum Gasteiger partial charge on any atom is -0.478 e. The van der Waals surface area contributed by atoms with E-state index in [1.807, 2.05) is 0 Å². The van der Waals surface area contributed by atoms with Gasteiger partial charge in [0.05, 0.1) is 5.56 Å². The zero-order chi connectivity index (χ0) is 15.4. The van der Waals surface area contributed by atoms with E-state index >= 15 is 0 Å². The predicted octanol–water partition coefficient (Wildman–Crippen LogP) is 2.70. The van der Waals surface area contributed by atoms with Crippen molar-refractivity contribution < 1.29 is 19.1 Å². The van der Waals surface area contributed by atoms with Gasteiger partial charge in [-0.05, 0) is 48.4 Å². The van der Waals surface area contributed by atoms with E-state index in [0.29, 0.717) is 23.9 Å². The van der Waals surface area contributed by atoms with E-state index < -0.39 is 17.7 Å². The highest BCUT2D eigenvalue weighted by Gasteiger charge is 2.28. The first-order chi connectivity index (χ1) is 9.97. The van der Waals surface area contributed by atoms with Crippen LogP contribution in [0.1, 0.15) is 35.7 Å². The Kier molecular flexibility index (Phi) is 4.73. The second-order valence-electron chi connectivity index (χ2n) is 5.44. The summed E-state index contributed by atoms with van der Waals surface area (Å²) in [5, 5.41) is 11.3. The minimum absolute atomic E-state index is 0.0227. The highest BCUT2D eigenvalue weighted by atomic mass is 19.1. The Labute approximate surface area is 122 Å². The molecule has 2 rings (SSSR count). The van der Waals surface area contributed by atoms with Crippen molar-refractivity contribution in [2.75, 3.05) is 6.54 Å². The van der Waals surface area contributed by atoms with Gasteiger partial charge in [-0.2, -0.15) is 0 Å². The average molecular weight is 291 g/mol. The van der Waals surface area contributed by atoms with Crippen LogP contribution in [0.15, 0.2) is 24.3 Å². The molecule has 1 saturated carbocycles. The zero-order valence-corrected chi connectivity index (χ0v) is 11.8. The first kappa shape index (κ1) is 15.2. The molecule has 5 heteroatoms. The first-order valence-corrected chi connectivity index (χ1v) is 6.96. The number of carbonyl (C=O) groups excluding carboxylic acids is 1. The van der Waals surface area contributed by atoms with Crippen LogP contribution < -0.4 is 5.32 Å². The Bertz CT molecular complexity index is 579.